The van der Waals surface area contributed by atoms with Crippen LogP contribution >= 0.6 is 0 Å². The van der Waals surface area contributed by atoms with Crippen molar-refractivity contribution < 1.29 is 13.2 Å². The number of rotatable bonds is 0. The van der Waals surface area contributed by atoms with Gasteiger partial charge in [0, 0.05) is 12.6 Å². The fourth-order valence-electron chi connectivity index (χ4n) is 2.23. The normalized spacial score (nSPS) is 42.5. The Morgan fingerprint density at radius 3 is 3.00 bits per heavy atom. The van der Waals surface area contributed by atoms with Gasteiger partial charge in [0.25, 0.3) is 0 Å². The van der Waals surface area contributed by atoms with Crippen LogP contribution in [0.4, 0.5) is 0 Å². The monoisotopic (exact) mass is 219 g/mol. The standard InChI is InChI=1S/C9H17NO3S/c1-7-4-10-8-2-3-13-5-9(8)14(11,12)6-7/h7-10H,2-6H2,1H3. The zero-order chi connectivity index (χ0) is 10.2. The lowest BCUT2D eigenvalue weighted by atomic mass is 10.1. The van der Waals surface area contributed by atoms with E-state index in [9.17, 15) is 8.42 Å². The van der Waals surface area contributed by atoms with E-state index in [1.54, 1.807) is 0 Å². The number of ether oxygens (including phenoxy) is 1. The van der Waals surface area contributed by atoms with Crippen LogP contribution in [0.3, 0.4) is 0 Å². The van der Waals surface area contributed by atoms with E-state index < -0.39 is 9.84 Å². The van der Waals surface area contributed by atoms with E-state index in [4.69, 9.17) is 4.74 Å². The highest BCUT2D eigenvalue weighted by Crippen LogP contribution is 2.21. The summed E-state index contributed by atoms with van der Waals surface area (Å²) in [7, 11) is -2.96. The van der Waals surface area contributed by atoms with E-state index in [1.807, 2.05) is 6.92 Å². The minimum absolute atomic E-state index is 0.110. The Labute approximate surface area is 84.9 Å². The molecular weight excluding hydrogens is 202 g/mol. The van der Waals surface area contributed by atoms with Gasteiger partial charge in [0.2, 0.25) is 0 Å². The molecule has 0 spiro atoms. The highest BCUT2D eigenvalue weighted by molar-refractivity contribution is 7.92. The average Bonchev–Trinajstić information content (AvgIpc) is 2.24. The molecule has 14 heavy (non-hydrogen) atoms. The molecule has 3 atom stereocenters. The Morgan fingerprint density at radius 1 is 1.43 bits per heavy atom. The molecule has 0 saturated carbocycles. The van der Waals surface area contributed by atoms with Crippen molar-refractivity contribution in [1.29, 1.82) is 0 Å². The second-order valence-corrected chi connectivity index (χ2v) is 6.62. The van der Waals surface area contributed by atoms with Crippen LogP contribution in [-0.2, 0) is 14.6 Å². The second-order valence-electron chi connectivity index (χ2n) is 4.35. The quantitative estimate of drug-likeness (QED) is 0.613. The molecular formula is C9H17NO3S. The molecule has 0 radical (unpaired) electrons. The van der Waals surface area contributed by atoms with Crippen molar-refractivity contribution >= 4 is 9.84 Å². The van der Waals surface area contributed by atoms with Crippen molar-refractivity contribution in [2.45, 2.75) is 24.6 Å². The zero-order valence-corrected chi connectivity index (χ0v) is 9.22. The predicted molar refractivity (Wildman–Crippen MR) is 54.0 cm³/mol. The molecule has 3 unspecified atom stereocenters. The SMILES string of the molecule is CC1CNC2CCOCC2S(=O)(=O)C1. The van der Waals surface area contributed by atoms with Crippen LogP contribution in [0.2, 0.25) is 0 Å². The number of hydrogen-bond donors (Lipinski definition) is 1. The molecule has 2 rings (SSSR count). The first-order valence-electron chi connectivity index (χ1n) is 5.12. The van der Waals surface area contributed by atoms with Gasteiger partial charge in [-0.25, -0.2) is 8.42 Å². The molecule has 2 saturated heterocycles. The molecule has 2 aliphatic rings. The number of sulfone groups is 1. The van der Waals surface area contributed by atoms with Crippen molar-refractivity contribution in [2.75, 3.05) is 25.5 Å². The number of nitrogens with one attached hydrogen (secondary N) is 1. The van der Waals surface area contributed by atoms with Gasteiger partial charge in [0.15, 0.2) is 9.84 Å². The molecule has 0 amide bonds. The van der Waals surface area contributed by atoms with Crippen LogP contribution in [0.25, 0.3) is 0 Å². The van der Waals surface area contributed by atoms with Crippen molar-refractivity contribution in [3.63, 3.8) is 0 Å². The summed E-state index contributed by atoms with van der Waals surface area (Å²) in [5.41, 5.74) is 0. The lowest BCUT2D eigenvalue weighted by Gasteiger charge is -2.29. The van der Waals surface area contributed by atoms with Gasteiger partial charge in [-0.15, -0.1) is 0 Å². The van der Waals surface area contributed by atoms with Crippen LogP contribution in [-0.4, -0.2) is 45.2 Å². The van der Waals surface area contributed by atoms with Crippen LogP contribution in [0.5, 0.6) is 0 Å². The first-order chi connectivity index (χ1) is 6.59. The lowest BCUT2D eigenvalue weighted by Crippen LogP contribution is -2.48. The maximum absolute atomic E-state index is 11.9. The summed E-state index contributed by atoms with van der Waals surface area (Å²) in [5.74, 6) is 0.510. The Morgan fingerprint density at radius 2 is 2.21 bits per heavy atom. The second kappa shape index (κ2) is 3.79. The summed E-state index contributed by atoms with van der Waals surface area (Å²) in [6, 6.07) is 0.110. The number of fused-ring (bicyclic) bond motifs is 1. The van der Waals surface area contributed by atoms with Gasteiger partial charge in [-0.05, 0) is 18.9 Å². The molecule has 0 bridgehead atoms. The van der Waals surface area contributed by atoms with Gasteiger partial charge in [-0.3, -0.25) is 0 Å². The van der Waals surface area contributed by atoms with E-state index >= 15 is 0 Å². The third-order valence-corrected chi connectivity index (χ3v) is 5.43. The molecule has 4 nitrogen and oxygen atoms in total. The zero-order valence-electron chi connectivity index (χ0n) is 8.40. The minimum Gasteiger partial charge on any atom is -0.380 e. The van der Waals surface area contributed by atoms with Gasteiger partial charge < -0.3 is 10.1 Å². The molecule has 1 N–H and O–H groups in total. The fourth-order valence-corrected chi connectivity index (χ4v) is 4.43. The molecule has 0 aliphatic carbocycles. The van der Waals surface area contributed by atoms with Crippen LogP contribution < -0.4 is 5.32 Å². The fraction of sp³-hybridized carbons (Fsp3) is 1.00. The molecule has 0 aromatic carbocycles. The van der Waals surface area contributed by atoms with Gasteiger partial charge in [-0.2, -0.15) is 0 Å². The lowest BCUT2D eigenvalue weighted by molar-refractivity contribution is 0.0815. The molecule has 0 aromatic heterocycles. The van der Waals surface area contributed by atoms with Crippen molar-refractivity contribution in [3.8, 4) is 0 Å². The molecule has 2 heterocycles. The van der Waals surface area contributed by atoms with E-state index in [1.165, 1.54) is 0 Å². The topological polar surface area (TPSA) is 55.4 Å². The highest BCUT2D eigenvalue weighted by Gasteiger charge is 2.39. The van der Waals surface area contributed by atoms with E-state index in [-0.39, 0.29) is 17.2 Å². The molecule has 5 heteroatoms. The van der Waals surface area contributed by atoms with Crippen LogP contribution in [0.15, 0.2) is 0 Å². The third kappa shape index (κ3) is 1.94. The minimum atomic E-state index is -2.96. The van der Waals surface area contributed by atoms with Gasteiger partial charge in [-0.1, -0.05) is 6.92 Å². The summed E-state index contributed by atoms with van der Waals surface area (Å²) in [6.45, 7) is 3.83. The van der Waals surface area contributed by atoms with E-state index in [0.717, 1.165) is 13.0 Å². The Kier molecular flexibility index (Phi) is 2.81. The largest absolute Gasteiger partial charge is 0.380 e. The summed E-state index contributed by atoms with van der Waals surface area (Å²) in [6.07, 6.45) is 0.816. The Hall–Kier alpha value is -0.130. The highest BCUT2D eigenvalue weighted by atomic mass is 32.2. The average molecular weight is 219 g/mol. The molecule has 2 aliphatic heterocycles. The summed E-state index contributed by atoms with van der Waals surface area (Å²) >= 11 is 0. The van der Waals surface area contributed by atoms with E-state index in [2.05, 4.69) is 5.32 Å². The summed E-state index contributed by atoms with van der Waals surface area (Å²) in [4.78, 5) is 0. The van der Waals surface area contributed by atoms with Crippen molar-refractivity contribution in [2.24, 2.45) is 5.92 Å². The van der Waals surface area contributed by atoms with Crippen LogP contribution in [0, 0.1) is 5.92 Å². The first kappa shape index (κ1) is 10.4. The smallest absolute Gasteiger partial charge is 0.157 e. The maximum Gasteiger partial charge on any atom is 0.157 e. The van der Waals surface area contributed by atoms with Crippen LogP contribution in [0.1, 0.15) is 13.3 Å². The number of hydrogen-bond acceptors (Lipinski definition) is 4. The Bertz CT molecular complexity index is 301. The summed E-state index contributed by atoms with van der Waals surface area (Å²) in [5, 5.41) is 3.01. The molecule has 2 fully saturated rings. The predicted octanol–water partition coefficient (Wildman–Crippen LogP) is -0.202. The first-order valence-corrected chi connectivity index (χ1v) is 6.84. The third-order valence-electron chi connectivity index (χ3n) is 3.01. The van der Waals surface area contributed by atoms with Crippen molar-refractivity contribution in [1.82, 2.24) is 5.32 Å². The molecule has 82 valence electrons. The Balaban J connectivity index is 2.23. The maximum atomic E-state index is 11.9. The molecule has 0 aromatic rings. The van der Waals surface area contributed by atoms with Gasteiger partial charge in [0.05, 0.1) is 17.6 Å². The van der Waals surface area contributed by atoms with Crippen molar-refractivity contribution in [3.05, 3.63) is 0 Å². The van der Waals surface area contributed by atoms with Gasteiger partial charge in [0.1, 0.15) is 0 Å². The van der Waals surface area contributed by atoms with Gasteiger partial charge >= 0.3 is 0 Å². The van der Waals surface area contributed by atoms with E-state index in [0.29, 0.717) is 19.0 Å². The summed E-state index contributed by atoms with van der Waals surface area (Å²) < 4.78 is 29.1.